The van der Waals surface area contributed by atoms with E-state index in [2.05, 4.69) is 31.9 Å². The van der Waals surface area contributed by atoms with E-state index in [0.717, 1.165) is 9.37 Å². The Hall–Kier alpha value is -0.880. The molecule has 17 heavy (non-hydrogen) atoms. The number of rotatable bonds is 2. The second-order valence-electron chi connectivity index (χ2n) is 3.31. The maximum atomic E-state index is 11.5. The first-order chi connectivity index (χ1) is 7.88. The summed E-state index contributed by atoms with van der Waals surface area (Å²) in [4.78, 5) is 24.1. The van der Waals surface area contributed by atoms with Gasteiger partial charge in [0.15, 0.2) is 0 Å². The Kier molecular flexibility index (Phi) is 4.70. The molecule has 0 aliphatic carbocycles. The minimum absolute atomic E-state index is 0.362. The third-order valence-corrected chi connectivity index (χ3v) is 3.13. The number of amides is 2. The summed E-state index contributed by atoms with van der Waals surface area (Å²) in [5, 5.41) is 0. The van der Waals surface area contributed by atoms with Crippen LogP contribution in [-0.4, -0.2) is 18.9 Å². The quantitative estimate of drug-likeness (QED) is 0.809. The molecule has 2 amide bonds. The largest absolute Gasteiger partial charge is 0.494 e. The molecule has 0 atom stereocenters. The van der Waals surface area contributed by atoms with Crippen molar-refractivity contribution in [2.45, 2.75) is 13.8 Å². The number of imide groups is 1. The molecule has 4 nitrogen and oxygen atoms in total. The lowest BCUT2D eigenvalue weighted by Gasteiger charge is -2.21. The van der Waals surface area contributed by atoms with E-state index in [9.17, 15) is 9.59 Å². The summed E-state index contributed by atoms with van der Waals surface area (Å²) in [6.45, 7) is 2.66. The number of halogens is 2. The number of carbonyl (C=O) groups excluding carboxylic acids is 2. The zero-order chi connectivity index (χ0) is 13.2. The van der Waals surface area contributed by atoms with Crippen LogP contribution in [0.3, 0.4) is 0 Å². The lowest BCUT2D eigenvalue weighted by molar-refractivity contribution is -0.124. The molecule has 92 valence electrons. The van der Waals surface area contributed by atoms with E-state index in [1.807, 2.05) is 0 Å². The molecule has 0 N–H and O–H groups in total. The van der Waals surface area contributed by atoms with Gasteiger partial charge in [0.25, 0.3) is 0 Å². The molecule has 0 saturated heterocycles. The zero-order valence-corrected chi connectivity index (χ0v) is 12.8. The molecule has 0 spiro atoms. The fraction of sp³-hybridized carbons (Fsp3) is 0.273. The first-order valence-electron chi connectivity index (χ1n) is 4.72. The van der Waals surface area contributed by atoms with Crippen molar-refractivity contribution in [2.24, 2.45) is 0 Å². The van der Waals surface area contributed by atoms with Crippen molar-refractivity contribution in [1.29, 1.82) is 0 Å². The number of carbonyl (C=O) groups is 2. The molecule has 0 heterocycles. The molecule has 0 saturated carbocycles. The molecule has 0 fully saturated rings. The maximum absolute atomic E-state index is 11.5. The summed E-state index contributed by atoms with van der Waals surface area (Å²) in [6, 6.07) is 3.44. The van der Waals surface area contributed by atoms with Gasteiger partial charge >= 0.3 is 0 Å². The average molecular weight is 365 g/mol. The van der Waals surface area contributed by atoms with Crippen LogP contribution < -0.4 is 9.64 Å². The van der Waals surface area contributed by atoms with Gasteiger partial charge < -0.3 is 4.74 Å². The summed E-state index contributed by atoms with van der Waals surface area (Å²) < 4.78 is 6.58. The van der Waals surface area contributed by atoms with Crippen LogP contribution in [0.25, 0.3) is 0 Å². The molecule has 0 aromatic heterocycles. The predicted molar refractivity (Wildman–Crippen MR) is 72.2 cm³/mol. The summed E-state index contributed by atoms with van der Waals surface area (Å²) in [6.07, 6.45) is 0. The second kappa shape index (κ2) is 5.64. The Balaban J connectivity index is 3.47. The minimum Gasteiger partial charge on any atom is -0.494 e. The molecule has 1 aromatic rings. The Morgan fingerprint density at radius 3 is 2.12 bits per heavy atom. The van der Waals surface area contributed by atoms with Crippen LogP contribution in [-0.2, 0) is 9.59 Å². The molecule has 0 aliphatic rings. The van der Waals surface area contributed by atoms with Gasteiger partial charge in [0, 0.05) is 22.8 Å². The van der Waals surface area contributed by atoms with Crippen LogP contribution >= 0.6 is 31.9 Å². The molecule has 0 radical (unpaired) electrons. The normalized spacial score (nSPS) is 9.94. The Bertz CT molecular complexity index is 460. The van der Waals surface area contributed by atoms with Gasteiger partial charge in [-0.1, -0.05) is 15.9 Å². The van der Waals surface area contributed by atoms with Gasteiger partial charge in [-0.3, -0.25) is 9.59 Å². The first kappa shape index (κ1) is 14.2. The maximum Gasteiger partial charge on any atom is 0.230 e. The molecular formula is C11H11Br2NO3. The fourth-order valence-corrected chi connectivity index (χ4v) is 2.81. The van der Waals surface area contributed by atoms with E-state index in [0.29, 0.717) is 15.9 Å². The number of anilines is 1. The molecule has 0 aliphatic heterocycles. The number of methoxy groups -OCH3 is 1. The van der Waals surface area contributed by atoms with E-state index >= 15 is 0 Å². The lowest BCUT2D eigenvalue weighted by atomic mass is 10.2. The first-order valence-corrected chi connectivity index (χ1v) is 6.31. The summed E-state index contributed by atoms with van der Waals surface area (Å²) in [7, 11) is 1.48. The Morgan fingerprint density at radius 1 is 1.18 bits per heavy atom. The summed E-state index contributed by atoms with van der Waals surface area (Å²) >= 11 is 6.63. The third-order valence-electron chi connectivity index (χ3n) is 2.07. The monoisotopic (exact) mass is 363 g/mol. The molecule has 1 rings (SSSR count). The van der Waals surface area contributed by atoms with Crippen molar-refractivity contribution in [1.82, 2.24) is 0 Å². The van der Waals surface area contributed by atoms with Gasteiger partial charge in [0.1, 0.15) is 11.4 Å². The van der Waals surface area contributed by atoms with E-state index in [4.69, 9.17) is 4.74 Å². The van der Waals surface area contributed by atoms with E-state index in [-0.39, 0.29) is 11.8 Å². The van der Waals surface area contributed by atoms with Crippen LogP contribution in [0.1, 0.15) is 13.8 Å². The van der Waals surface area contributed by atoms with E-state index in [1.54, 1.807) is 12.1 Å². The van der Waals surface area contributed by atoms with E-state index in [1.165, 1.54) is 21.0 Å². The minimum atomic E-state index is -0.362. The second-order valence-corrected chi connectivity index (χ2v) is 5.08. The van der Waals surface area contributed by atoms with Gasteiger partial charge in [0.2, 0.25) is 11.8 Å². The van der Waals surface area contributed by atoms with Crippen molar-refractivity contribution >= 4 is 49.4 Å². The number of benzene rings is 1. The molecular weight excluding hydrogens is 354 g/mol. The zero-order valence-electron chi connectivity index (χ0n) is 9.58. The van der Waals surface area contributed by atoms with Crippen LogP contribution in [0.15, 0.2) is 21.1 Å². The topological polar surface area (TPSA) is 46.6 Å². The average Bonchev–Trinajstić information content (AvgIpc) is 2.20. The van der Waals surface area contributed by atoms with Crippen LogP contribution in [0.5, 0.6) is 5.75 Å². The van der Waals surface area contributed by atoms with Crippen molar-refractivity contribution in [3.05, 3.63) is 21.1 Å². The Morgan fingerprint density at radius 2 is 1.71 bits per heavy atom. The highest BCUT2D eigenvalue weighted by molar-refractivity contribution is 9.11. The van der Waals surface area contributed by atoms with Gasteiger partial charge in [-0.2, -0.15) is 0 Å². The predicted octanol–water partition coefficient (Wildman–Crippen LogP) is 3.12. The van der Waals surface area contributed by atoms with Crippen molar-refractivity contribution in [3.63, 3.8) is 0 Å². The standard InChI is InChI=1S/C11H11Br2NO3/c1-6(15)14(7(2)16)11-9(13)4-8(12)5-10(11)17-3/h4-5H,1-3H3. The number of ether oxygens (including phenoxy) is 1. The van der Waals surface area contributed by atoms with Gasteiger partial charge in [-0.05, 0) is 28.1 Å². The fourth-order valence-electron chi connectivity index (χ4n) is 1.45. The van der Waals surface area contributed by atoms with Crippen LogP contribution in [0, 0.1) is 0 Å². The van der Waals surface area contributed by atoms with Gasteiger partial charge in [0.05, 0.1) is 7.11 Å². The van der Waals surface area contributed by atoms with Crippen molar-refractivity contribution < 1.29 is 14.3 Å². The van der Waals surface area contributed by atoms with Crippen LogP contribution in [0.2, 0.25) is 0 Å². The number of hydrogen-bond acceptors (Lipinski definition) is 3. The SMILES string of the molecule is COc1cc(Br)cc(Br)c1N(C(C)=O)C(C)=O. The van der Waals surface area contributed by atoms with Crippen molar-refractivity contribution in [2.75, 3.05) is 12.0 Å². The number of hydrogen-bond donors (Lipinski definition) is 0. The molecule has 1 aromatic carbocycles. The highest BCUT2D eigenvalue weighted by Crippen LogP contribution is 2.39. The smallest absolute Gasteiger partial charge is 0.230 e. The van der Waals surface area contributed by atoms with Gasteiger partial charge in [-0.15, -0.1) is 0 Å². The van der Waals surface area contributed by atoms with E-state index < -0.39 is 0 Å². The Labute approximate surface area is 116 Å². The highest BCUT2D eigenvalue weighted by Gasteiger charge is 2.23. The lowest BCUT2D eigenvalue weighted by Crippen LogP contribution is -2.33. The third kappa shape index (κ3) is 3.07. The van der Waals surface area contributed by atoms with Crippen molar-refractivity contribution in [3.8, 4) is 5.75 Å². The summed E-state index contributed by atoms with van der Waals surface area (Å²) in [5.41, 5.74) is 0.413. The van der Waals surface area contributed by atoms with Crippen LogP contribution in [0.4, 0.5) is 5.69 Å². The number of nitrogens with zero attached hydrogens (tertiary/aromatic N) is 1. The molecule has 0 bridgehead atoms. The highest BCUT2D eigenvalue weighted by atomic mass is 79.9. The summed E-state index contributed by atoms with van der Waals surface area (Å²) in [5.74, 6) is -0.283. The molecule has 0 unspecified atom stereocenters. The van der Waals surface area contributed by atoms with Gasteiger partial charge in [-0.25, -0.2) is 4.90 Å². The molecule has 6 heteroatoms.